The van der Waals surface area contributed by atoms with Gasteiger partial charge in [-0.05, 0) is 18.3 Å². The molecule has 0 fully saturated rings. The second-order valence-corrected chi connectivity index (χ2v) is 6.55. The van der Waals surface area contributed by atoms with Crippen LogP contribution < -0.4 is 0 Å². The summed E-state index contributed by atoms with van der Waals surface area (Å²) in [6.45, 7) is 11.3. The summed E-state index contributed by atoms with van der Waals surface area (Å²) < 4.78 is 0. The Balaban J connectivity index is 4.11. The van der Waals surface area contributed by atoms with Crippen LogP contribution in [0.3, 0.4) is 0 Å². The third-order valence-electron chi connectivity index (χ3n) is 4.47. The van der Waals surface area contributed by atoms with Crippen LogP contribution in [0.1, 0.15) is 92.4 Å². The number of hydrogen-bond acceptors (Lipinski definition) is 0. The van der Waals surface area contributed by atoms with Gasteiger partial charge in [0.15, 0.2) is 0 Å². The van der Waals surface area contributed by atoms with Crippen LogP contribution in [0.15, 0.2) is 0 Å². The van der Waals surface area contributed by atoms with Crippen LogP contribution in [0.4, 0.5) is 0 Å². The smallest absolute Gasteiger partial charge is 0.0674 e. The first kappa shape index (κ1) is 17.1. The van der Waals surface area contributed by atoms with Crippen LogP contribution in [-0.2, 0) is 0 Å². The number of hydrogen-bond donors (Lipinski definition) is 0. The molecule has 0 nitrogen and oxygen atoms in total. The van der Waals surface area contributed by atoms with E-state index < -0.39 is 0 Å². The molecule has 0 aromatic heterocycles. The van der Waals surface area contributed by atoms with Crippen molar-refractivity contribution in [3.05, 3.63) is 0 Å². The third kappa shape index (κ3) is 6.53. The number of rotatable bonds is 10. The summed E-state index contributed by atoms with van der Waals surface area (Å²) in [5, 5.41) is -0.0487. The van der Waals surface area contributed by atoms with Crippen molar-refractivity contribution in [1.29, 1.82) is 0 Å². The molecule has 0 amide bonds. The molecule has 17 heavy (non-hydrogen) atoms. The van der Waals surface area contributed by atoms with Crippen LogP contribution in [0.25, 0.3) is 0 Å². The minimum Gasteiger partial charge on any atom is -0.0674 e. The standard InChI is InChI=1S/C16H33B/c1-6-8-10-11-12-14-16(5,13-9-7-2)15(3,4)17/h6-14H2,1-5H3. The minimum atomic E-state index is -0.0487. The van der Waals surface area contributed by atoms with Gasteiger partial charge in [-0.3, -0.25) is 0 Å². The Morgan fingerprint density at radius 3 is 1.65 bits per heavy atom. The fourth-order valence-electron chi connectivity index (χ4n) is 2.45. The van der Waals surface area contributed by atoms with Crippen LogP contribution in [-0.4, -0.2) is 7.85 Å². The zero-order valence-corrected chi connectivity index (χ0v) is 12.9. The summed E-state index contributed by atoms with van der Waals surface area (Å²) in [6, 6.07) is 0. The lowest BCUT2D eigenvalue weighted by Gasteiger charge is -2.43. The van der Waals surface area contributed by atoms with Crippen molar-refractivity contribution < 1.29 is 0 Å². The molecule has 2 radical (unpaired) electrons. The van der Waals surface area contributed by atoms with E-state index in [0.717, 1.165) is 0 Å². The van der Waals surface area contributed by atoms with E-state index in [1.54, 1.807) is 0 Å². The average molecular weight is 236 g/mol. The zero-order chi connectivity index (χ0) is 13.4. The fraction of sp³-hybridized carbons (Fsp3) is 1.00. The molecular weight excluding hydrogens is 203 g/mol. The van der Waals surface area contributed by atoms with E-state index in [4.69, 9.17) is 7.85 Å². The van der Waals surface area contributed by atoms with Crippen molar-refractivity contribution in [3.8, 4) is 0 Å². The minimum absolute atomic E-state index is 0.0487. The van der Waals surface area contributed by atoms with Gasteiger partial charge in [-0.25, -0.2) is 0 Å². The molecule has 0 bridgehead atoms. The lowest BCUT2D eigenvalue weighted by Crippen LogP contribution is -2.30. The van der Waals surface area contributed by atoms with E-state index in [9.17, 15) is 0 Å². The molecule has 0 aliphatic heterocycles. The van der Waals surface area contributed by atoms with E-state index in [0.29, 0.717) is 5.41 Å². The molecule has 0 N–H and O–H groups in total. The van der Waals surface area contributed by atoms with Gasteiger partial charge in [0.05, 0.1) is 7.85 Å². The summed E-state index contributed by atoms with van der Waals surface area (Å²) >= 11 is 0. The largest absolute Gasteiger partial charge is 0.0746 e. The predicted octanol–water partition coefficient (Wildman–Crippen LogP) is 5.91. The van der Waals surface area contributed by atoms with Gasteiger partial charge in [0.25, 0.3) is 0 Å². The lowest BCUT2D eigenvalue weighted by molar-refractivity contribution is 0.184. The normalized spacial score (nSPS) is 15.8. The van der Waals surface area contributed by atoms with Gasteiger partial charge in [-0.1, -0.05) is 84.9 Å². The maximum atomic E-state index is 6.40. The summed E-state index contributed by atoms with van der Waals surface area (Å²) in [4.78, 5) is 0. The molecule has 1 atom stereocenters. The molecule has 0 aliphatic rings. The van der Waals surface area contributed by atoms with Crippen LogP contribution in [0.5, 0.6) is 0 Å². The van der Waals surface area contributed by atoms with E-state index >= 15 is 0 Å². The molecule has 0 spiro atoms. The van der Waals surface area contributed by atoms with Gasteiger partial charge in [0, 0.05) is 0 Å². The zero-order valence-electron chi connectivity index (χ0n) is 12.9. The van der Waals surface area contributed by atoms with Crippen LogP contribution >= 0.6 is 0 Å². The number of unbranched alkanes of at least 4 members (excludes halogenated alkanes) is 5. The highest BCUT2D eigenvalue weighted by Gasteiger charge is 2.35. The molecular formula is C16H33B. The quantitative estimate of drug-likeness (QED) is 0.326. The Bertz CT molecular complexity index is 180. The van der Waals surface area contributed by atoms with Gasteiger partial charge >= 0.3 is 0 Å². The Hall–Kier alpha value is 0.0649. The summed E-state index contributed by atoms with van der Waals surface area (Å²) in [7, 11) is 6.40. The molecule has 1 unspecified atom stereocenters. The molecule has 0 heterocycles. The highest BCUT2D eigenvalue weighted by atomic mass is 14.4. The fourth-order valence-corrected chi connectivity index (χ4v) is 2.45. The first-order valence-electron chi connectivity index (χ1n) is 7.66. The average Bonchev–Trinajstić information content (AvgIpc) is 2.24. The highest BCUT2D eigenvalue weighted by Crippen LogP contribution is 2.49. The van der Waals surface area contributed by atoms with Gasteiger partial charge in [-0.15, -0.1) is 0 Å². The summed E-state index contributed by atoms with van der Waals surface area (Å²) in [5.74, 6) is 0. The predicted molar refractivity (Wildman–Crippen MR) is 80.8 cm³/mol. The second-order valence-electron chi connectivity index (χ2n) is 6.55. The second kappa shape index (κ2) is 8.22. The van der Waals surface area contributed by atoms with E-state index in [1.807, 2.05) is 0 Å². The lowest BCUT2D eigenvalue weighted by atomic mass is 9.52. The van der Waals surface area contributed by atoms with Gasteiger partial charge in [0.1, 0.15) is 0 Å². The van der Waals surface area contributed by atoms with E-state index in [1.165, 1.54) is 57.8 Å². The molecule has 0 aliphatic carbocycles. The molecule has 0 saturated heterocycles. The van der Waals surface area contributed by atoms with Crippen molar-refractivity contribution in [3.63, 3.8) is 0 Å². The summed E-state index contributed by atoms with van der Waals surface area (Å²) in [5.41, 5.74) is 0.315. The van der Waals surface area contributed by atoms with E-state index in [2.05, 4.69) is 34.6 Å². The Kier molecular flexibility index (Phi) is 8.25. The van der Waals surface area contributed by atoms with Crippen molar-refractivity contribution in [1.82, 2.24) is 0 Å². The van der Waals surface area contributed by atoms with E-state index in [-0.39, 0.29) is 5.31 Å². The van der Waals surface area contributed by atoms with Crippen LogP contribution in [0.2, 0.25) is 5.31 Å². The maximum absolute atomic E-state index is 6.40. The monoisotopic (exact) mass is 236 g/mol. The Morgan fingerprint density at radius 2 is 1.18 bits per heavy atom. The topological polar surface area (TPSA) is 0 Å². The molecule has 0 rings (SSSR count). The molecule has 1 heteroatoms. The molecule has 0 aromatic carbocycles. The third-order valence-corrected chi connectivity index (χ3v) is 4.47. The van der Waals surface area contributed by atoms with Gasteiger partial charge in [0.2, 0.25) is 0 Å². The highest BCUT2D eigenvalue weighted by molar-refractivity contribution is 6.15. The molecule has 100 valence electrons. The van der Waals surface area contributed by atoms with Gasteiger partial charge < -0.3 is 0 Å². The van der Waals surface area contributed by atoms with Gasteiger partial charge in [-0.2, -0.15) is 0 Å². The summed E-state index contributed by atoms with van der Waals surface area (Å²) in [6.07, 6.45) is 12.0. The Morgan fingerprint density at radius 1 is 0.706 bits per heavy atom. The first-order chi connectivity index (χ1) is 7.87. The SMILES string of the molecule is [B]C(C)(C)C(C)(CCCC)CCCCCCC. The van der Waals surface area contributed by atoms with Crippen molar-refractivity contribution >= 4 is 7.85 Å². The Labute approximate surface area is 111 Å². The molecule has 0 saturated carbocycles. The first-order valence-corrected chi connectivity index (χ1v) is 7.66. The molecule has 0 aromatic rings. The van der Waals surface area contributed by atoms with Crippen molar-refractivity contribution in [2.45, 2.75) is 97.7 Å². The van der Waals surface area contributed by atoms with Crippen LogP contribution in [0, 0.1) is 5.41 Å². The van der Waals surface area contributed by atoms with Crippen molar-refractivity contribution in [2.75, 3.05) is 0 Å². The maximum Gasteiger partial charge on any atom is 0.0746 e. The van der Waals surface area contributed by atoms with Crippen molar-refractivity contribution in [2.24, 2.45) is 5.41 Å².